The number of nitrogens with zero attached hydrogens (tertiary/aromatic N) is 1. The molecule has 0 bridgehead atoms. The van der Waals surface area contributed by atoms with Crippen LogP contribution in [0.1, 0.15) is 18.5 Å². The number of hydrogen-bond acceptors (Lipinski definition) is 3. The van der Waals surface area contributed by atoms with Crippen molar-refractivity contribution >= 4 is 0 Å². The van der Waals surface area contributed by atoms with Crippen molar-refractivity contribution in [2.75, 3.05) is 6.54 Å². The van der Waals surface area contributed by atoms with Gasteiger partial charge in [-0.2, -0.15) is 0 Å². The Kier molecular flexibility index (Phi) is 3.54. The van der Waals surface area contributed by atoms with Gasteiger partial charge in [-0.3, -0.25) is 4.98 Å². The second-order valence-corrected chi connectivity index (χ2v) is 2.75. The summed E-state index contributed by atoms with van der Waals surface area (Å²) >= 11 is 0. The molecular formula is C9H14N2O. The van der Waals surface area contributed by atoms with Gasteiger partial charge < -0.3 is 10.8 Å². The van der Waals surface area contributed by atoms with E-state index in [4.69, 9.17) is 10.8 Å². The lowest BCUT2D eigenvalue weighted by molar-refractivity contribution is 0.472. The van der Waals surface area contributed by atoms with Gasteiger partial charge in [0.1, 0.15) is 5.75 Å². The zero-order valence-corrected chi connectivity index (χ0v) is 7.03. The van der Waals surface area contributed by atoms with Crippen molar-refractivity contribution in [1.29, 1.82) is 0 Å². The Morgan fingerprint density at radius 1 is 1.33 bits per heavy atom. The number of hydrogen-bond donors (Lipinski definition) is 2. The Hall–Kier alpha value is -1.09. The van der Waals surface area contributed by atoms with Gasteiger partial charge in [-0.1, -0.05) is 0 Å². The average molecular weight is 166 g/mol. The van der Waals surface area contributed by atoms with E-state index >= 15 is 0 Å². The lowest BCUT2D eigenvalue weighted by atomic mass is 10.2. The molecule has 0 aliphatic carbocycles. The highest BCUT2D eigenvalue weighted by atomic mass is 16.3. The van der Waals surface area contributed by atoms with E-state index in [9.17, 15) is 0 Å². The number of nitrogens with two attached hydrogens (primary N) is 1. The van der Waals surface area contributed by atoms with Gasteiger partial charge >= 0.3 is 0 Å². The molecule has 0 saturated carbocycles. The van der Waals surface area contributed by atoms with Gasteiger partial charge in [0.15, 0.2) is 0 Å². The summed E-state index contributed by atoms with van der Waals surface area (Å²) in [4.78, 5) is 4.06. The minimum absolute atomic E-state index is 0.220. The Bertz CT molecular complexity index is 220. The molecule has 0 spiro atoms. The van der Waals surface area contributed by atoms with Crippen LogP contribution in [0.2, 0.25) is 0 Å². The SMILES string of the molecule is NCCCCc1ccc(O)cn1. The molecule has 1 aromatic heterocycles. The van der Waals surface area contributed by atoms with E-state index in [-0.39, 0.29) is 5.75 Å². The Morgan fingerprint density at radius 2 is 2.17 bits per heavy atom. The standard InChI is InChI=1S/C9H14N2O/c10-6-2-1-3-8-4-5-9(12)7-11-8/h4-5,7,12H,1-3,6,10H2. The van der Waals surface area contributed by atoms with E-state index in [1.54, 1.807) is 6.07 Å². The molecule has 0 unspecified atom stereocenters. The first-order valence-electron chi connectivity index (χ1n) is 4.17. The molecule has 3 N–H and O–H groups in total. The molecule has 0 aliphatic rings. The molecule has 1 rings (SSSR count). The Balaban J connectivity index is 2.37. The van der Waals surface area contributed by atoms with Gasteiger partial charge in [0.05, 0.1) is 6.20 Å². The zero-order chi connectivity index (χ0) is 8.81. The third-order valence-corrected chi connectivity index (χ3v) is 1.70. The molecule has 0 fully saturated rings. The summed E-state index contributed by atoms with van der Waals surface area (Å²) in [6.45, 7) is 0.734. The number of aryl methyl sites for hydroxylation is 1. The predicted octanol–water partition coefficient (Wildman–Crippen LogP) is 1.07. The molecule has 0 amide bonds. The van der Waals surface area contributed by atoms with Crippen molar-refractivity contribution < 1.29 is 5.11 Å². The van der Waals surface area contributed by atoms with Gasteiger partial charge in [-0.15, -0.1) is 0 Å². The summed E-state index contributed by atoms with van der Waals surface area (Å²) in [5, 5.41) is 8.95. The molecule has 0 aromatic carbocycles. The van der Waals surface area contributed by atoms with Crippen LogP contribution >= 0.6 is 0 Å². The number of aromatic nitrogens is 1. The van der Waals surface area contributed by atoms with E-state index in [0.29, 0.717) is 0 Å². The summed E-state index contributed by atoms with van der Waals surface area (Å²) in [6.07, 6.45) is 4.51. The molecule has 12 heavy (non-hydrogen) atoms. The zero-order valence-electron chi connectivity index (χ0n) is 7.03. The van der Waals surface area contributed by atoms with Gasteiger partial charge in [0.25, 0.3) is 0 Å². The largest absolute Gasteiger partial charge is 0.506 e. The molecule has 0 saturated heterocycles. The maximum absolute atomic E-state index is 8.95. The molecule has 66 valence electrons. The lowest BCUT2D eigenvalue weighted by Gasteiger charge is -1.98. The minimum atomic E-state index is 0.220. The van der Waals surface area contributed by atoms with E-state index in [1.807, 2.05) is 6.07 Å². The van der Waals surface area contributed by atoms with Gasteiger partial charge in [0.2, 0.25) is 0 Å². The first kappa shape index (κ1) is 9.00. The number of aromatic hydroxyl groups is 1. The van der Waals surface area contributed by atoms with Crippen molar-refractivity contribution in [3.63, 3.8) is 0 Å². The van der Waals surface area contributed by atoms with Crippen LogP contribution in [0, 0.1) is 0 Å². The second-order valence-electron chi connectivity index (χ2n) is 2.75. The van der Waals surface area contributed by atoms with Gasteiger partial charge in [-0.25, -0.2) is 0 Å². The first-order chi connectivity index (χ1) is 5.83. The van der Waals surface area contributed by atoms with Gasteiger partial charge in [0, 0.05) is 5.69 Å². The van der Waals surface area contributed by atoms with E-state index in [2.05, 4.69) is 4.98 Å². The summed E-state index contributed by atoms with van der Waals surface area (Å²) in [5.41, 5.74) is 6.37. The number of pyridine rings is 1. The third-order valence-electron chi connectivity index (χ3n) is 1.70. The molecule has 3 nitrogen and oxygen atoms in total. The lowest BCUT2D eigenvalue weighted by Crippen LogP contribution is -1.99. The van der Waals surface area contributed by atoms with Crippen LogP contribution in [0.3, 0.4) is 0 Å². The topological polar surface area (TPSA) is 59.1 Å². The highest BCUT2D eigenvalue weighted by Gasteiger charge is 1.93. The molecule has 1 heterocycles. The predicted molar refractivity (Wildman–Crippen MR) is 47.9 cm³/mol. The molecule has 0 radical (unpaired) electrons. The van der Waals surface area contributed by atoms with Crippen LogP contribution in [-0.4, -0.2) is 16.6 Å². The fraction of sp³-hybridized carbons (Fsp3) is 0.444. The number of unbranched alkanes of at least 4 members (excludes halogenated alkanes) is 1. The third kappa shape index (κ3) is 2.88. The van der Waals surface area contributed by atoms with Gasteiger partial charge in [-0.05, 0) is 37.9 Å². The van der Waals surface area contributed by atoms with Crippen molar-refractivity contribution in [1.82, 2.24) is 4.98 Å². The van der Waals surface area contributed by atoms with Crippen LogP contribution in [0.25, 0.3) is 0 Å². The van der Waals surface area contributed by atoms with Crippen molar-refractivity contribution in [2.45, 2.75) is 19.3 Å². The quantitative estimate of drug-likeness (QED) is 0.658. The van der Waals surface area contributed by atoms with Crippen LogP contribution < -0.4 is 5.73 Å². The molecule has 1 aromatic rings. The fourth-order valence-electron chi connectivity index (χ4n) is 1.02. The highest BCUT2D eigenvalue weighted by molar-refractivity contribution is 5.17. The van der Waals surface area contributed by atoms with Crippen molar-refractivity contribution in [3.8, 4) is 5.75 Å². The van der Waals surface area contributed by atoms with Crippen molar-refractivity contribution in [2.24, 2.45) is 5.73 Å². The second kappa shape index (κ2) is 4.72. The molecule has 0 atom stereocenters. The van der Waals surface area contributed by atoms with E-state index < -0.39 is 0 Å². The first-order valence-corrected chi connectivity index (χ1v) is 4.17. The number of rotatable bonds is 4. The van der Waals surface area contributed by atoms with Crippen molar-refractivity contribution in [3.05, 3.63) is 24.0 Å². The maximum atomic E-state index is 8.95. The molecule has 3 heteroatoms. The summed E-state index contributed by atoms with van der Waals surface area (Å²) < 4.78 is 0. The highest BCUT2D eigenvalue weighted by Crippen LogP contribution is 2.07. The normalized spacial score (nSPS) is 10.1. The van der Waals surface area contributed by atoms with E-state index in [0.717, 1.165) is 31.5 Å². The van der Waals surface area contributed by atoms with Crippen LogP contribution in [0.5, 0.6) is 5.75 Å². The Labute approximate surface area is 72.2 Å². The fourth-order valence-corrected chi connectivity index (χ4v) is 1.02. The Morgan fingerprint density at radius 3 is 2.75 bits per heavy atom. The molecular weight excluding hydrogens is 152 g/mol. The average Bonchev–Trinajstić information content (AvgIpc) is 2.09. The van der Waals surface area contributed by atoms with E-state index in [1.165, 1.54) is 6.20 Å². The summed E-state index contributed by atoms with van der Waals surface area (Å²) in [6, 6.07) is 3.50. The monoisotopic (exact) mass is 166 g/mol. The minimum Gasteiger partial charge on any atom is -0.506 e. The maximum Gasteiger partial charge on any atom is 0.133 e. The summed E-state index contributed by atoms with van der Waals surface area (Å²) in [5.74, 6) is 0.220. The van der Waals surface area contributed by atoms with Crippen LogP contribution in [0.4, 0.5) is 0 Å². The summed E-state index contributed by atoms with van der Waals surface area (Å²) in [7, 11) is 0. The molecule has 0 aliphatic heterocycles. The smallest absolute Gasteiger partial charge is 0.133 e. The van der Waals surface area contributed by atoms with Crippen LogP contribution in [0.15, 0.2) is 18.3 Å². The van der Waals surface area contributed by atoms with Crippen LogP contribution in [-0.2, 0) is 6.42 Å².